The Hall–Kier alpha value is -5.34. The highest BCUT2D eigenvalue weighted by Gasteiger charge is 2.27. The zero-order valence-electron chi connectivity index (χ0n) is 21.8. The summed E-state index contributed by atoms with van der Waals surface area (Å²) in [5, 5.41) is 4.95. The Kier molecular flexibility index (Phi) is 5.17. The number of hydrogen-bond donors (Lipinski definition) is 0. The number of fused-ring (bicyclic) bond motifs is 4. The van der Waals surface area contributed by atoms with Crippen LogP contribution in [0.5, 0.6) is 11.5 Å². The largest absolute Gasteiger partial charge is 0.453 e. The highest BCUT2D eigenvalue weighted by molar-refractivity contribution is 6.00. The molecule has 0 saturated heterocycles. The average Bonchev–Trinajstić information content (AvgIpc) is 3.03. The molecule has 1 heterocycles. The Morgan fingerprint density at radius 2 is 0.875 bits per heavy atom. The summed E-state index contributed by atoms with van der Waals surface area (Å²) >= 11 is 0. The highest BCUT2D eigenvalue weighted by atomic mass is 16.5. The van der Waals surface area contributed by atoms with Crippen molar-refractivity contribution in [1.82, 2.24) is 0 Å². The molecule has 8 rings (SSSR count). The molecule has 188 valence electrons. The molecular weight excluding hydrogens is 486 g/mol. The van der Waals surface area contributed by atoms with Gasteiger partial charge in [-0.1, -0.05) is 115 Å². The molecule has 0 unspecified atom stereocenters. The van der Waals surface area contributed by atoms with Crippen LogP contribution in [0.4, 0.5) is 17.1 Å². The summed E-state index contributed by atoms with van der Waals surface area (Å²) in [6.07, 6.45) is 0. The summed E-state index contributed by atoms with van der Waals surface area (Å²) in [5.41, 5.74) is 7.90. The molecule has 7 aromatic rings. The van der Waals surface area contributed by atoms with Gasteiger partial charge in [0.15, 0.2) is 11.5 Å². The van der Waals surface area contributed by atoms with Crippen LogP contribution >= 0.6 is 0 Å². The van der Waals surface area contributed by atoms with Crippen LogP contribution in [-0.2, 0) is 0 Å². The maximum atomic E-state index is 6.54. The molecule has 0 spiro atoms. The molecule has 40 heavy (non-hydrogen) atoms. The molecule has 2 nitrogen and oxygen atoms in total. The van der Waals surface area contributed by atoms with Crippen molar-refractivity contribution < 1.29 is 4.74 Å². The van der Waals surface area contributed by atoms with Crippen LogP contribution in [-0.4, -0.2) is 0 Å². The maximum absolute atomic E-state index is 6.54. The molecule has 7 aromatic carbocycles. The van der Waals surface area contributed by atoms with E-state index in [9.17, 15) is 0 Å². The van der Waals surface area contributed by atoms with E-state index in [0.717, 1.165) is 39.7 Å². The first-order valence-electron chi connectivity index (χ1n) is 13.6. The summed E-state index contributed by atoms with van der Waals surface area (Å²) in [7, 11) is 0. The molecular formula is C38H25NO. The van der Waals surface area contributed by atoms with Gasteiger partial charge in [0.25, 0.3) is 0 Å². The average molecular weight is 512 g/mol. The second-order valence-electron chi connectivity index (χ2n) is 10.2. The normalized spacial score (nSPS) is 12.2. The number of anilines is 3. The number of benzene rings is 7. The van der Waals surface area contributed by atoms with E-state index in [0.29, 0.717) is 0 Å². The number of nitrogens with zero attached hydrogens (tertiary/aromatic N) is 1. The molecule has 0 aliphatic carbocycles. The number of rotatable bonds is 3. The number of para-hydroxylation sites is 1. The minimum absolute atomic E-state index is 0.846. The molecule has 1 aliphatic heterocycles. The molecule has 0 atom stereocenters. The van der Waals surface area contributed by atoms with Crippen molar-refractivity contribution in [2.24, 2.45) is 0 Å². The fourth-order valence-corrected chi connectivity index (χ4v) is 5.95. The lowest BCUT2D eigenvalue weighted by molar-refractivity contribution is 0.477. The number of ether oxygens (including phenoxy) is 1. The van der Waals surface area contributed by atoms with Gasteiger partial charge in [-0.25, -0.2) is 0 Å². The maximum Gasteiger partial charge on any atom is 0.151 e. The van der Waals surface area contributed by atoms with Gasteiger partial charge in [-0.05, 0) is 80.2 Å². The lowest BCUT2D eigenvalue weighted by atomic mass is 9.96. The van der Waals surface area contributed by atoms with E-state index in [-0.39, 0.29) is 0 Å². The van der Waals surface area contributed by atoms with Gasteiger partial charge in [-0.15, -0.1) is 0 Å². The van der Waals surface area contributed by atoms with Gasteiger partial charge >= 0.3 is 0 Å². The van der Waals surface area contributed by atoms with E-state index >= 15 is 0 Å². The van der Waals surface area contributed by atoms with Gasteiger partial charge in [-0.3, -0.25) is 0 Å². The second kappa shape index (κ2) is 9.14. The Labute approximate surface area is 233 Å². The standard InChI is InChI=1S/C38H25NO/c1-2-14-30(15-3-1)39-35-24-28(33-18-8-12-26-10-4-6-16-31(26)33)20-22-37(35)40-38-23-21-29(25-36(38)39)34-19-9-13-27-11-5-7-17-32(27)34/h1-25H. The molecule has 0 bridgehead atoms. The van der Waals surface area contributed by atoms with Gasteiger partial charge < -0.3 is 9.64 Å². The van der Waals surface area contributed by atoms with Gasteiger partial charge in [0, 0.05) is 5.69 Å². The molecule has 1 aliphatic rings. The van der Waals surface area contributed by atoms with Gasteiger partial charge in [-0.2, -0.15) is 0 Å². The third-order valence-corrected chi connectivity index (χ3v) is 7.84. The molecule has 0 radical (unpaired) electrons. The summed E-state index contributed by atoms with van der Waals surface area (Å²) in [4.78, 5) is 2.33. The fourth-order valence-electron chi connectivity index (χ4n) is 5.95. The highest BCUT2D eigenvalue weighted by Crippen LogP contribution is 2.52. The Bertz CT molecular complexity index is 1900. The van der Waals surface area contributed by atoms with Crippen LogP contribution in [0.3, 0.4) is 0 Å². The van der Waals surface area contributed by atoms with Crippen molar-refractivity contribution in [2.75, 3.05) is 4.90 Å². The zero-order valence-corrected chi connectivity index (χ0v) is 21.8. The van der Waals surface area contributed by atoms with E-state index in [1.807, 2.05) is 0 Å². The van der Waals surface area contributed by atoms with E-state index in [4.69, 9.17) is 4.74 Å². The van der Waals surface area contributed by atoms with E-state index in [1.54, 1.807) is 0 Å². The lowest BCUT2D eigenvalue weighted by Crippen LogP contribution is -2.16. The second-order valence-corrected chi connectivity index (χ2v) is 10.2. The molecule has 0 fully saturated rings. The van der Waals surface area contributed by atoms with Crippen molar-refractivity contribution in [3.8, 4) is 33.8 Å². The summed E-state index contributed by atoms with van der Waals surface area (Å²) in [6, 6.07) is 53.7. The van der Waals surface area contributed by atoms with E-state index in [2.05, 4.69) is 157 Å². The molecule has 0 N–H and O–H groups in total. The van der Waals surface area contributed by atoms with Crippen LogP contribution < -0.4 is 9.64 Å². The first kappa shape index (κ1) is 22.6. The Morgan fingerprint density at radius 3 is 1.43 bits per heavy atom. The van der Waals surface area contributed by atoms with E-state index in [1.165, 1.54) is 32.7 Å². The van der Waals surface area contributed by atoms with Crippen LogP contribution in [0.2, 0.25) is 0 Å². The molecule has 0 saturated carbocycles. The molecule has 2 heteroatoms. The van der Waals surface area contributed by atoms with Crippen LogP contribution in [0.25, 0.3) is 43.8 Å². The summed E-state index contributed by atoms with van der Waals surface area (Å²) in [5.74, 6) is 1.69. The smallest absolute Gasteiger partial charge is 0.151 e. The quantitative estimate of drug-likeness (QED) is 0.234. The minimum atomic E-state index is 0.846. The topological polar surface area (TPSA) is 12.5 Å². The zero-order chi connectivity index (χ0) is 26.5. The molecule has 0 aromatic heterocycles. The third kappa shape index (κ3) is 3.65. The lowest BCUT2D eigenvalue weighted by Gasteiger charge is -2.33. The first-order valence-corrected chi connectivity index (χ1v) is 13.6. The van der Waals surface area contributed by atoms with Crippen molar-refractivity contribution in [2.45, 2.75) is 0 Å². The molecule has 0 amide bonds. The third-order valence-electron chi connectivity index (χ3n) is 7.84. The first-order chi connectivity index (χ1) is 19.8. The van der Waals surface area contributed by atoms with Crippen LogP contribution in [0.15, 0.2) is 152 Å². The fraction of sp³-hybridized carbons (Fsp3) is 0. The SMILES string of the molecule is c1ccc(N2c3cc(-c4cccc5ccccc45)ccc3Oc3ccc(-c4cccc5ccccc45)cc32)cc1. The summed E-state index contributed by atoms with van der Waals surface area (Å²) in [6.45, 7) is 0. The Balaban J connectivity index is 1.33. The predicted molar refractivity (Wildman–Crippen MR) is 167 cm³/mol. The van der Waals surface area contributed by atoms with Gasteiger partial charge in [0.2, 0.25) is 0 Å². The summed E-state index contributed by atoms with van der Waals surface area (Å²) < 4.78 is 6.54. The van der Waals surface area contributed by atoms with Crippen LogP contribution in [0, 0.1) is 0 Å². The van der Waals surface area contributed by atoms with Crippen molar-refractivity contribution in [1.29, 1.82) is 0 Å². The Morgan fingerprint density at radius 1 is 0.400 bits per heavy atom. The predicted octanol–water partition coefficient (Wildman–Crippen LogP) is 10.9. The van der Waals surface area contributed by atoms with Crippen molar-refractivity contribution in [3.63, 3.8) is 0 Å². The monoisotopic (exact) mass is 511 g/mol. The van der Waals surface area contributed by atoms with Gasteiger partial charge in [0.1, 0.15) is 0 Å². The number of hydrogen-bond acceptors (Lipinski definition) is 2. The minimum Gasteiger partial charge on any atom is -0.453 e. The van der Waals surface area contributed by atoms with E-state index < -0.39 is 0 Å². The van der Waals surface area contributed by atoms with Crippen molar-refractivity contribution in [3.05, 3.63) is 152 Å². The van der Waals surface area contributed by atoms with Gasteiger partial charge in [0.05, 0.1) is 11.4 Å². The van der Waals surface area contributed by atoms with Crippen molar-refractivity contribution >= 4 is 38.6 Å². The van der Waals surface area contributed by atoms with Crippen LogP contribution in [0.1, 0.15) is 0 Å².